The smallest absolute Gasteiger partial charge is 1.00 e. The van der Waals surface area contributed by atoms with E-state index in [4.69, 9.17) is 10.8 Å². The number of carboxylic acid groups (broad SMARTS) is 1. The van der Waals surface area contributed by atoms with E-state index in [0.29, 0.717) is 6.42 Å². The van der Waals surface area contributed by atoms with E-state index in [0.717, 1.165) is 19.3 Å². The summed E-state index contributed by atoms with van der Waals surface area (Å²) < 4.78 is 0. The summed E-state index contributed by atoms with van der Waals surface area (Å²) >= 11 is 0. The van der Waals surface area contributed by atoms with Crippen LogP contribution in [0.1, 0.15) is 72.6 Å². The summed E-state index contributed by atoms with van der Waals surface area (Å²) in [5.74, 6) is -1.98. The van der Waals surface area contributed by atoms with Crippen LogP contribution in [-0.4, -0.2) is 28.9 Å². The minimum Gasteiger partial charge on any atom is -1.00 e. The molecule has 1 atom stereocenters. The zero-order chi connectivity index (χ0) is 16.1. The number of carbonyl (C=O) groups is 3. The molecule has 0 aromatic heterocycles. The topological polar surface area (TPSA) is 109 Å². The Labute approximate surface area is 156 Å². The molecule has 0 aliphatic carbocycles. The number of rotatable bonds is 13. The third kappa shape index (κ3) is 14.4. The second-order valence-electron chi connectivity index (χ2n) is 5.33. The number of aliphatic carboxylic acids is 1. The minimum atomic E-state index is -1.14. The van der Waals surface area contributed by atoms with Gasteiger partial charge in [0.05, 0.1) is 0 Å². The van der Waals surface area contributed by atoms with E-state index in [-0.39, 0.29) is 49.7 Å². The molecule has 0 heterocycles. The number of hydrogen-bond acceptors (Lipinski definition) is 3. The van der Waals surface area contributed by atoms with Crippen LogP contribution in [0.5, 0.6) is 0 Å². The van der Waals surface area contributed by atoms with Crippen LogP contribution in [-0.2, 0) is 14.4 Å². The number of carboxylic acids is 1. The molecule has 0 saturated carbocycles. The van der Waals surface area contributed by atoms with Crippen molar-refractivity contribution in [2.24, 2.45) is 5.73 Å². The molecule has 0 bridgehead atoms. The van der Waals surface area contributed by atoms with Gasteiger partial charge in [0.15, 0.2) is 0 Å². The van der Waals surface area contributed by atoms with Gasteiger partial charge in [-0.3, -0.25) is 9.59 Å². The van der Waals surface area contributed by atoms with Gasteiger partial charge in [-0.15, -0.1) is 0 Å². The average molecular weight is 324 g/mol. The molecule has 0 aliphatic heterocycles. The van der Waals surface area contributed by atoms with E-state index in [2.05, 4.69) is 12.2 Å². The number of nitrogens with two attached hydrogens (primary N) is 1. The summed E-state index contributed by atoms with van der Waals surface area (Å²) in [6, 6.07) is -1.03. The molecular formula is C15H29N2NaO4. The van der Waals surface area contributed by atoms with Crippen LogP contribution in [0.15, 0.2) is 0 Å². The predicted octanol–water partition coefficient (Wildman–Crippen LogP) is -0.921. The molecule has 124 valence electrons. The minimum absolute atomic E-state index is 0. The van der Waals surface area contributed by atoms with Crippen molar-refractivity contribution in [2.45, 2.75) is 77.2 Å². The average Bonchev–Trinajstić information content (AvgIpc) is 2.41. The SMILES string of the molecule is CCCCCCCCCC(=O)N[C@@H](CCC(N)=O)C(=O)O.[H-].[Na+]. The predicted molar refractivity (Wildman–Crippen MR) is 81.7 cm³/mol. The molecular weight excluding hydrogens is 295 g/mol. The Morgan fingerprint density at radius 1 is 1.05 bits per heavy atom. The standard InChI is InChI=1S/C15H28N2O4.Na.H/c1-2-3-4-5-6-7-8-9-14(19)17-12(15(20)21)10-11-13(16)18;;/h12H,2-11H2,1H3,(H2,16,18)(H,17,19)(H,20,21);;/q;+1;-1/t12-;;/m0../s1. The first-order valence-corrected chi connectivity index (χ1v) is 7.77. The van der Waals surface area contributed by atoms with Crippen molar-refractivity contribution in [3.05, 3.63) is 0 Å². The van der Waals surface area contributed by atoms with Gasteiger partial charge in [-0.25, -0.2) is 4.79 Å². The summed E-state index contributed by atoms with van der Waals surface area (Å²) in [6.45, 7) is 2.17. The van der Waals surface area contributed by atoms with Crippen molar-refractivity contribution in [1.82, 2.24) is 5.32 Å². The summed E-state index contributed by atoms with van der Waals surface area (Å²) in [6.07, 6.45) is 8.05. The Morgan fingerprint density at radius 2 is 1.59 bits per heavy atom. The summed E-state index contributed by atoms with van der Waals surface area (Å²) in [4.78, 5) is 33.3. The van der Waals surface area contributed by atoms with Crippen LogP contribution in [0.25, 0.3) is 0 Å². The van der Waals surface area contributed by atoms with Gasteiger partial charge in [0.1, 0.15) is 6.04 Å². The Balaban J connectivity index is -0.00000200. The van der Waals surface area contributed by atoms with Gasteiger partial charge in [-0.05, 0) is 12.8 Å². The molecule has 7 heteroatoms. The van der Waals surface area contributed by atoms with Gasteiger partial charge in [0, 0.05) is 12.8 Å². The fourth-order valence-electron chi connectivity index (χ4n) is 2.05. The van der Waals surface area contributed by atoms with Crippen LogP contribution in [0.2, 0.25) is 0 Å². The maximum atomic E-state index is 11.6. The molecule has 0 rings (SSSR count). The van der Waals surface area contributed by atoms with Crippen LogP contribution in [0, 0.1) is 0 Å². The van der Waals surface area contributed by atoms with Gasteiger partial charge < -0.3 is 17.6 Å². The molecule has 22 heavy (non-hydrogen) atoms. The molecule has 0 aromatic rings. The number of amides is 2. The third-order valence-corrected chi connectivity index (χ3v) is 3.32. The van der Waals surface area contributed by atoms with E-state index < -0.39 is 17.9 Å². The number of carbonyl (C=O) groups excluding carboxylic acids is 2. The van der Waals surface area contributed by atoms with Crippen LogP contribution in [0.3, 0.4) is 0 Å². The first-order valence-electron chi connectivity index (χ1n) is 7.77. The number of nitrogens with one attached hydrogen (secondary N) is 1. The van der Waals surface area contributed by atoms with Gasteiger partial charge in [0.2, 0.25) is 11.8 Å². The second kappa shape index (κ2) is 15.3. The Morgan fingerprint density at radius 3 is 2.09 bits per heavy atom. The molecule has 0 aromatic carbocycles. The van der Waals surface area contributed by atoms with Gasteiger partial charge in [-0.1, -0.05) is 45.4 Å². The summed E-state index contributed by atoms with van der Waals surface area (Å²) in [5, 5.41) is 11.4. The van der Waals surface area contributed by atoms with E-state index in [1.54, 1.807) is 0 Å². The molecule has 0 unspecified atom stereocenters. The fourth-order valence-corrected chi connectivity index (χ4v) is 2.05. The van der Waals surface area contributed by atoms with E-state index >= 15 is 0 Å². The molecule has 0 spiro atoms. The van der Waals surface area contributed by atoms with Gasteiger partial charge >= 0.3 is 35.5 Å². The monoisotopic (exact) mass is 324 g/mol. The van der Waals surface area contributed by atoms with E-state index in [9.17, 15) is 14.4 Å². The molecule has 2 amide bonds. The van der Waals surface area contributed by atoms with Crippen molar-refractivity contribution in [1.29, 1.82) is 0 Å². The Kier molecular flexibility index (Phi) is 16.5. The zero-order valence-electron chi connectivity index (χ0n) is 14.9. The Bertz CT molecular complexity index is 343. The first kappa shape index (κ1) is 23.7. The van der Waals surface area contributed by atoms with Crippen LogP contribution in [0.4, 0.5) is 0 Å². The normalized spacial score (nSPS) is 11.3. The summed E-state index contributed by atoms with van der Waals surface area (Å²) in [7, 11) is 0. The molecule has 0 saturated heterocycles. The molecule has 0 fully saturated rings. The second-order valence-corrected chi connectivity index (χ2v) is 5.33. The van der Waals surface area contributed by atoms with Crippen molar-refractivity contribution < 1.29 is 50.5 Å². The maximum Gasteiger partial charge on any atom is 1.00 e. The number of hydrogen-bond donors (Lipinski definition) is 3. The third-order valence-electron chi connectivity index (χ3n) is 3.32. The molecule has 0 radical (unpaired) electrons. The van der Waals surface area contributed by atoms with Crippen LogP contribution >= 0.6 is 0 Å². The Hall–Kier alpha value is -0.590. The van der Waals surface area contributed by atoms with Crippen molar-refractivity contribution in [3.8, 4) is 0 Å². The number of unbranched alkanes of at least 4 members (excludes halogenated alkanes) is 6. The van der Waals surface area contributed by atoms with Gasteiger partial charge in [-0.2, -0.15) is 0 Å². The quantitative estimate of drug-likeness (QED) is 0.300. The molecule has 0 aliphatic rings. The van der Waals surface area contributed by atoms with Crippen LogP contribution < -0.4 is 40.6 Å². The molecule has 4 N–H and O–H groups in total. The molecule has 6 nitrogen and oxygen atoms in total. The summed E-state index contributed by atoms with van der Waals surface area (Å²) in [5.41, 5.74) is 4.98. The van der Waals surface area contributed by atoms with Gasteiger partial charge in [0.25, 0.3) is 0 Å². The van der Waals surface area contributed by atoms with E-state index in [1.165, 1.54) is 25.7 Å². The maximum absolute atomic E-state index is 11.6. The zero-order valence-corrected chi connectivity index (χ0v) is 15.9. The van der Waals surface area contributed by atoms with Crippen molar-refractivity contribution >= 4 is 17.8 Å². The van der Waals surface area contributed by atoms with E-state index in [1.807, 2.05) is 0 Å². The first-order chi connectivity index (χ1) is 9.97. The fraction of sp³-hybridized carbons (Fsp3) is 0.800. The van der Waals surface area contributed by atoms with Crippen molar-refractivity contribution in [2.75, 3.05) is 0 Å². The van der Waals surface area contributed by atoms with Crippen molar-refractivity contribution in [3.63, 3.8) is 0 Å². The number of primary amides is 1. The largest absolute Gasteiger partial charge is 1.00 e.